The molecule has 1 N–H and O–H groups in total. The predicted molar refractivity (Wildman–Crippen MR) is 63.9 cm³/mol. The number of alkyl halides is 1. The summed E-state index contributed by atoms with van der Waals surface area (Å²) in [7, 11) is 0. The Morgan fingerprint density at radius 2 is 2.06 bits per heavy atom. The van der Waals surface area contributed by atoms with Crippen LogP contribution in [0.5, 0.6) is 0 Å². The molecule has 2 aromatic rings. The van der Waals surface area contributed by atoms with Crippen molar-refractivity contribution in [3.05, 3.63) is 46.6 Å². The molecule has 6 heteroatoms. The van der Waals surface area contributed by atoms with E-state index in [1.807, 2.05) is 6.92 Å². The topological polar surface area (TPSA) is 59.2 Å². The summed E-state index contributed by atoms with van der Waals surface area (Å²) in [6.07, 6.45) is -2.55. The fraction of sp³-hybridized carbons (Fsp3) is 0.333. The van der Waals surface area contributed by atoms with Gasteiger partial charge in [0.05, 0.1) is 0 Å². The highest BCUT2D eigenvalue weighted by atomic mass is 35.5. The van der Waals surface area contributed by atoms with E-state index in [1.165, 1.54) is 0 Å². The first-order valence-electron chi connectivity index (χ1n) is 5.52. The predicted octanol–water partition coefficient (Wildman–Crippen LogP) is 3.03. The first kappa shape index (κ1) is 13.0. The maximum atomic E-state index is 14.0. The summed E-state index contributed by atoms with van der Waals surface area (Å²) in [5.41, 5.74) is 0.412. The minimum absolute atomic E-state index is 0.144. The van der Waals surface area contributed by atoms with Gasteiger partial charge >= 0.3 is 0 Å². The maximum absolute atomic E-state index is 14.0. The van der Waals surface area contributed by atoms with Gasteiger partial charge in [-0.1, -0.05) is 35.8 Å². The normalized spacial score (nSPS) is 14.4. The van der Waals surface area contributed by atoms with Crippen molar-refractivity contribution in [2.75, 3.05) is 0 Å². The van der Waals surface area contributed by atoms with E-state index < -0.39 is 12.3 Å². The van der Waals surface area contributed by atoms with Gasteiger partial charge in [-0.15, -0.1) is 0 Å². The Kier molecular flexibility index (Phi) is 3.93. The van der Waals surface area contributed by atoms with Crippen molar-refractivity contribution in [3.8, 4) is 0 Å². The van der Waals surface area contributed by atoms with Gasteiger partial charge in [-0.05, 0) is 17.7 Å². The smallest absolute Gasteiger partial charge is 0.226 e. The van der Waals surface area contributed by atoms with Crippen LogP contribution < -0.4 is 0 Å². The summed E-state index contributed by atoms with van der Waals surface area (Å²) >= 11 is 5.72. The number of hydrogen-bond donors (Lipinski definition) is 1. The zero-order valence-electron chi connectivity index (χ0n) is 9.68. The number of halogens is 2. The van der Waals surface area contributed by atoms with Gasteiger partial charge in [0.15, 0.2) is 6.17 Å². The third-order valence-corrected chi connectivity index (χ3v) is 2.77. The third-order valence-electron chi connectivity index (χ3n) is 2.52. The summed E-state index contributed by atoms with van der Waals surface area (Å²) in [6, 6.07) is 6.28. The van der Waals surface area contributed by atoms with Gasteiger partial charge < -0.3 is 9.63 Å². The maximum Gasteiger partial charge on any atom is 0.226 e. The highest BCUT2D eigenvalue weighted by Crippen LogP contribution is 2.30. The van der Waals surface area contributed by atoms with Crippen molar-refractivity contribution in [2.45, 2.75) is 25.6 Å². The van der Waals surface area contributed by atoms with Crippen LogP contribution in [-0.2, 0) is 6.42 Å². The number of hydrogen-bond acceptors (Lipinski definition) is 4. The zero-order chi connectivity index (χ0) is 13.1. The Morgan fingerprint density at radius 3 is 2.61 bits per heavy atom. The van der Waals surface area contributed by atoms with E-state index in [-0.39, 0.29) is 5.82 Å². The summed E-state index contributed by atoms with van der Waals surface area (Å²) < 4.78 is 18.8. The lowest BCUT2D eigenvalue weighted by molar-refractivity contribution is 0.0708. The van der Waals surface area contributed by atoms with E-state index in [2.05, 4.69) is 10.1 Å². The molecule has 0 aliphatic heterocycles. The van der Waals surface area contributed by atoms with E-state index in [0.717, 1.165) is 0 Å². The summed E-state index contributed by atoms with van der Waals surface area (Å²) in [6.45, 7) is 1.82. The first-order chi connectivity index (χ1) is 8.61. The van der Waals surface area contributed by atoms with Crippen LogP contribution in [-0.4, -0.2) is 15.2 Å². The molecule has 1 heterocycles. The summed E-state index contributed by atoms with van der Waals surface area (Å²) in [4.78, 5) is 3.85. The molecule has 0 saturated carbocycles. The lowest BCUT2D eigenvalue weighted by Crippen LogP contribution is -2.08. The van der Waals surface area contributed by atoms with Gasteiger partial charge in [-0.2, -0.15) is 4.98 Å². The number of rotatable bonds is 4. The fourth-order valence-corrected chi connectivity index (χ4v) is 1.62. The molecular formula is C12H12ClFN2O2. The van der Waals surface area contributed by atoms with Crippen LogP contribution in [0.2, 0.25) is 5.02 Å². The molecule has 0 spiro atoms. The highest BCUT2D eigenvalue weighted by molar-refractivity contribution is 6.30. The molecule has 1 aromatic carbocycles. The molecule has 2 unspecified atom stereocenters. The average Bonchev–Trinajstić information content (AvgIpc) is 2.86. The molecule has 0 aliphatic rings. The largest absolute Gasteiger partial charge is 0.385 e. The number of benzene rings is 1. The van der Waals surface area contributed by atoms with Crippen molar-refractivity contribution < 1.29 is 14.0 Å². The number of nitrogens with zero attached hydrogens (tertiary/aromatic N) is 2. The van der Waals surface area contributed by atoms with E-state index in [0.29, 0.717) is 22.9 Å². The third kappa shape index (κ3) is 2.68. The van der Waals surface area contributed by atoms with Crippen molar-refractivity contribution in [2.24, 2.45) is 0 Å². The Balaban J connectivity index is 2.17. The van der Waals surface area contributed by atoms with Gasteiger partial charge in [0.25, 0.3) is 0 Å². The second-order valence-corrected chi connectivity index (χ2v) is 4.23. The SMILES string of the molecule is CCc1nc(C(F)C(O)c2ccc(Cl)cc2)no1. The second-order valence-electron chi connectivity index (χ2n) is 3.80. The van der Waals surface area contributed by atoms with E-state index in [4.69, 9.17) is 16.1 Å². The van der Waals surface area contributed by atoms with Crippen LogP contribution in [0, 0.1) is 0 Å². The highest BCUT2D eigenvalue weighted by Gasteiger charge is 2.26. The molecule has 2 atom stereocenters. The molecule has 96 valence electrons. The molecule has 0 amide bonds. The molecule has 0 radical (unpaired) electrons. The molecule has 0 aliphatic carbocycles. The molecule has 2 rings (SSSR count). The van der Waals surface area contributed by atoms with Crippen molar-refractivity contribution >= 4 is 11.6 Å². The van der Waals surface area contributed by atoms with E-state index in [1.54, 1.807) is 24.3 Å². The van der Waals surface area contributed by atoms with Crippen LogP contribution in [0.15, 0.2) is 28.8 Å². The molecule has 18 heavy (non-hydrogen) atoms. The van der Waals surface area contributed by atoms with Crippen LogP contribution in [0.3, 0.4) is 0 Å². The van der Waals surface area contributed by atoms with Crippen molar-refractivity contribution in [3.63, 3.8) is 0 Å². The number of aryl methyl sites for hydroxylation is 1. The second kappa shape index (κ2) is 5.46. The molecule has 1 aromatic heterocycles. The Morgan fingerprint density at radius 1 is 1.39 bits per heavy atom. The van der Waals surface area contributed by atoms with Crippen LogP contribution in [0.25, 0.3) is 0 Å². The van der Waals surface area contributed by atoms with Gasteiger partial charge in [-0.25, -0.2) is 4.39 Å². The average molecular weight is 271 g/mol. The number of aliphatic hydroxyl groups excluding tert-OH is 1. The molecule has 4 nitrogen and oxygen atoms in total. The van der Waals surface area contributed by atoms with Crippen LogP contribution in [0.1, 0.15) is 36.5 Å². The Hall–Kier alpha value is -1.46. The molecular weight excluding hydrogens is 259 g/mol. The molecule has 0 fully saturated rings. The summed E-state index contributed by atoms with van der Waals surface area (Å²) in [5, 5.41) is 13.9. The van der Waals surface area contributed by atoms with E-state index in [9.17, 15) is 9.50 Å². The summed E-state index contributed by atoms with van der Waals surface area (Å²) in [5.74, 6) is 0.199. The van der Waals surface area contributed by atoms with Gasteiger partial charge in [0.2, 0.25) is 11.7 Å². The minimum Gasteiger partial charge on any atom is -0.385 e. The van der Waals surface area contributed by atoms with E-state index >= 15 is 0 Å². The Bertz CT molecular complexity index is 515. The van der Waals surface area contributed by atoms with Crippen molar-refractivity contribution in [1.29, 1.82) is 0 Å². The van der Waals surface area contributed by atoms with Crippen LogP contribution in [0.4, 0.5) is 4.39 Å². The Labute approximate surface area is 108 Å². The van der Waals surface area contributed by atoms with Gasteiger partial charge in [0, 0.05) is 11.4 Å². The lowest BCUT2D eigenvalue weighted by atomic mass is 10.1. The standard InChI is InChI=1S/C12H12ClFN2O2/c1-2-9-15-12(16-18-9)10(14)11(17)7-3-5-8(13)6-4-7/h3-6,10-11,17H,2H2,1H3. The van der Waals surface area contributed by atoms with Crippen molar-refractivity contribution in [1.82, 2.24) is 10.1 Å². The molecule has 0 saturated heterocycles. The first-order valence-corrected chi connectivity index (χ1v) is 5.89. The quantitative estimate of drug-likeness (QED) is 0.928. The zero-order valence-corrected chi connectivity index (χ0v) is 10.4. The number of aliphatic hydroxyl groups is 1. The lowest BCUT2D eigenvalue weighted by Gasteiger charge is -2.12. The van der Waals surface area contributed by atoms with Gasteiger partial charge in [-0.3, -0.25) is 0 Å². The van der Waals surface area contributed by atoms with Crippen LogP contribution >= 0.6 is 11.6 Å². The molecule has 0 bridgehead atoms. The monoisotopic (exact) mass is 270 g/mol. The fourth-order valence-electron chi connectivity index (χ4n) is 1.49. The minimum atomic E-state index is -1.73. The van der Waals surface area contributed by atoms with Gasteiger partial charge in [0.1, 0.15) is 6.10 Å². The number of aromatic nitrogens is 2.